The normalized spacial score (nSPS) is 12.1. The van der Waals surface area contributed by atoms with Gasteiger partial charge in [-0.05, 0) is 25.7 Å². The van der Waals surface area contributed by atoms with Crippen LogP contribution in [-0.4, -0.2) is 12.6 Å². The van der Waals surface area contributed by atoms with Crippen LogP contribution in [0.1, 0.15) is 117 Å². The zero-order valence-corrected chi connectivity index (χ0v) is 17.4. The fourth-order valence-corrected chi connectivity index (χ4v) is 3.23. The van der Waals surface area contributed by atoms with Crippen molar-refractivity contribution in [3.63, 3.8) is 0 Å². The van der Waals surface area contributed by atoms with Crippen LogP contribution in [0.5, 0.6) is 0 Å². The number of carbonyl (C=O) groups is 1. The molecule has 25 heavy (non-hydrogen) atoms. The molecule has 0 N–H and O–H groups in total. The lowest BCUT2D eigenvalue weighted by atomic mass is 9.94. The minimum atomic E-state index is -0.230. The number of unbranched alkanes of at least 4 members (excludes halogenated alkanes) is 11. The van der Waals surface area contributed by atoms with E-state index in [1.54, 1.807) is 6.92 Å². The number of rotatable bonds is 18. The van der Waals surface area contributed by atoms with Gasteiger partial charge in [-0.25, -0.2) is 4.79 Å². The minimum Gasteiger partial charge on any atom is -0.462 e. The van der Waals surface area contributed by atoms with Gasteiger partial charge in [0.05, 0.1) is 6.61 Å². The van der Waals surface area contributed by atoms with Gasteiger partial charge in [-0.15, -0.1) is 0 Å². The fraction of sp³-hybridized carbons (Fsp3) is 0.870. The average Bonchev–Trinajstić information content (AvgIpc) is 2.60. The van der Waals surface area contributed by atoms with Crippen molar-refractivity contribution in [3.8, 4) is 0 Å². The molecule has 2 heteroatoms. The Morgan fingerprint density at radius 2 is 1.16 bits per heavy atom. The molecule has 0 aliphatic heterocycles. The highest BCUT2D eigenvalue weighted by Crippen LogP contribution is 2.20. The van der Waals surface area contributed by atoms with Crippen molar-refractivity contribution >= 4 is 5.97 Å². The standard InChI is InChI=1S/C23H44O2/c1-5-7-9-11-12-13-15-17-19-22(18-16-14-10-8-6-2)20-25-23(24)21(3)4/h22H,3,5-20H2,1-2,4H3. The summed E-state index contributed by atoms with van der Waals surface area (Å²) in [5.41, 5.74) is 0.508. The zero-order chi connectivity index (χ0) is 18.8. The Morgan fingerprint density at radius 3 is 1.56 bits per heavy atom. The van der Waals surface area contributed by atoms with Gasteiger partial charge in [0, 0.05) is 5.57 Å². The van der Waals surface area contributed by atoms with Crippen LogP contribution in [0.4, 0.5) is 0 Å². The first-order valence-electron chi connectivity index (χ1n) is 10.9. The second-order valence-electron chi connectivity index (χ2n) is 7.71. The SMILES string of the molecule is C=C(C)C(=O)OCC(CCCCCCC)CCCCCCCCCC. The van der Waals surface area contributed by atoms with Crippen molar-refractivity contribution in [2.24, 2.45) is 5.92 Å². The van der Waals surface area contributed by atoms with Crippen LogP contribution in [0.15, 0.2) is 12.2 Å². The van der Waals surface area contributed by atoms with Crippen molar-refractivity contribution in [2.75, 3.05) is 6.61 Å². The average molecular weight is 353 g/mol. The summed E-state index contributed by atoms with van der Waals surface area (Å²) >= 11 is 0. The van der Waals surface area contributed by atoms with Crippen LogP contribution in [0, 0.1) is 5.92 Å². The Kier molecular flexibility index (Phi) is 17.4. The quantitative estimate of drug-likeness (QED) is 0.144. The highest BCUT2D eigenvalue weighted by molar-refractivity contribution is 5.86. The van der Waals surface area contributed by atoms with Gasteiger partial charge in [-0.2, -0.15) is 0 Å². The van der Waals surface area contributed by atoms with Crippen LogP contribution in [0.3, 0.4) is 0 Å². The Labute approximate surface area is 157 Å². The molecular formula is C23H44O2. The third-order valence-electron chi connectivity index (χ3n) is 4.98. The molecule has 0 aromatic carbocycles. The molecule has 0 saturated heterocycles. The molecule has 1 atom stereocenters. The van der Waals surface area contributed by atoms with Crippen molar-refractivity contribution in [3.05, 3.63) is 12.2 Å². The van der Waals surface area contributed by atoms with E-state index >= 15 is 0 Å². The first kappa shape index (κ1) is 24.2. The molecule has 0 bridgehead atoms. The Balaban J connectivity index is 3.90. The summed E-state index contributed by atoms with van der Waals surface area (Å²) in [7, 11) is 0. The zero-order valence-electron chi connectivity index (χ0n) is 17.4. The van der Waals surface area contributed by atoms with E-state index in [0.29, 0.717) is 18.1 Å². The molecule has 0 aromatic heterocycles. The third-order valence-corrected chi connectivity index (χ3v) is 4.98. The fourth-order valence-electron chi connectivity index (χ4n) is 3.23. The summed E-state index contributed by atoms with van der Waals surface area (Å²) in [5.74, 6) is 0.303. The molecule has 0 rings (SSSR count). The van der Waals surface area contributed by atoms with Crippen LogP contribution < -0.4 is 0 Å². The monoisotopic (exact) mass is 352 g/mol. The molecule has 0 aliphatic carbocycles. The second-order valence-corrected chi connectivity index (χ2v) is 7.71. The van der Waals surface area contributed by atoms with E-state index in [2.05, 4.69) is 20.4 Å². The number of ether oxygens (including phenoxy) is 1. The van der Waals surface area contributed by atoms with E-state index in [1.807, 2.05) is 0 Å². The van der Waals surface area contributed by atoms with E-state index in [-0.39, 0.29) is 5.97 Å². The van der Waals surface area contributed by atoms with E-state index < -0.39 is 0 Å². The van der Waals surface area contributed by atoms with E-state index in [4.69, 9.17) is 4.74 Å². The molecule has 1 unspecified atom stereocenters. The van der Waals surface area contributed by atoms with Crippen molar-refractivity contribution < 1.29 is 9.53 Å². The van der Waals surface area contributed by atoms with Gasteiger partial charge in [-0.1, -0.05) is 104 Å². The van der Waals surface area contributed by atoms with Gasteiger partial charge < -0.3 is 4.74 Å². The lowest BCUT2D eigenvalue weighted by molar-refractivity contribution is -0.140. The summed E-state index contributed by atoms with van der Waals surface area (Å²) in [6.07, 6.45) is 19.8. The summed E-state index contributed by atoms with van der Waals surface area (Å²) < 4.78 is 5.43. The molecule has 148 valence electrons. The Hall–Kier alpha value is -0.790. The Morgan fingerprint density at radius 1 is 0.760 bits per heavy atom. The smallest absolute Gasteiger partial charge is 0.333 e. The van der Waals surface area contributed by atoms with E-state index in [0.717, 1.165) is 0 Å². The third kappa shape index (κ3) is 16.4. The molecule has 0 amide bonds. The van der Waals surface area contributed by atoms with Gasteiger partial charge in [0.2, 0.25) is 0 Å². The number of carbonyl (C=O) groups excluding carboxylic acids is 1. The summed E-state index contributed by atoms with van der Waals surface area (Å²) in [6, 6.07) is 0. The molecule has 0 aliphatic rings. The van der Waals surface area contributed by atoms with Gasteiger partial charge in [0.25, 0.3) is 0 Å². The minimum absolute atomic E-state index is 0.230. The largest absolute Gasteiger partial charge is 0.462 e. The van der Waals surface area contributed by atoms with Crippen molar-refractivity contribution in [1.29, 1.82) is 0 Å². The predicted octanol–water partition coefficient (Wildman–Crippen LogP) is 7.61. The van der Waals surface area contributed by atoms with Gasteiger partial charge >= 0.3 is 5.97 Å². The molecule has 0 radical (unpaired) electrons. The van der Waals surface area contributed by atoms with Crippen LogP contribution in [-0.2, 0) is 9.53 Å². The summed E-state index contributed by atoms with van der Waals surface area (Å²) in [6.45, 7) is 10.5. The van der Waals surface area contributed by atoms with Crippen molar-refractivity contribution in [2.45, 2.75) is 117 Å². The van der Waals surface area contributed by atoms with Gasteiger partial charge in [0.15, 0.2) is 0 Å². The summed E-state index contributed by atoms with van der Waals surface area (Å²) in [4.78, 5) is 11.6. The molecule has 0 spiro atoms. The number of hydrogen-bond donors (Lipinski definition) is 0. The van der Waals surface area contributed by atoms with Gasteiger partial charge in [0.1, 0.15) is 0 Å². The lowest BCUT2D eigenvalue weighted by Crippen LogP contribution is -2.15. The first-order valence-corrected chi connectivity index (χ1v) is 10.9. The lowest BCUT2D eigenvalue weighted by Gasteiger charge is -2.17. The van der Waals surface area contributed by atoms with Gasteiger partial charge in [-0.3, -0.25) is 0 Å². The van der Waals surface area contributed by atoms with Crippen LogP contribution >= 0.6 is 0 Å². The molecule has 0 fully saturated rings. The molecular weight excluding hydrogens is 308 g/mol. The maximum absolute atomic E-state index is 11.6. The molecule has 0 saturated carbocycles. The number of esters is 1. The second kappa shape index (κ2) is 18.0. The highest BCUT2D eigenvalue weighted by atomic mass is 16.5. The number of hydrogen-bond acceptors (Lipinski definition) is 2. The predicted molar refractivity (Wildman–Crippen MR) is 110 cm³/mol. The molecule has 0 aromatic rings. The Bertz CT molecular complexity index is 322. The van der Waals surface area contributed by atoms with Crippen LogP contribution in [0.25, 0.3) is 0 Å². The highest BCUT2D eigenvalue weighted by Gasteiger charge is 2.12. The summed E-state index contributed by atoms with van der Waals surface area (Å²) in [5, 5.41) is 0. The topological polar surface area (TPSA) is 26.3 Å². The van der Waals surface area contributed by atoms with E-state index in [1.165, 1.54) is 96.3 Å². The molecule has 2 nitrogen and oxygen atoms in total. The first-order chi connectivity index (χ1) is 12.1. The van der Waals surface area contributed by atoms with Crippen molar-refractivity contribution in [1.82, 2.24) is 0 Å². The van der Waals surface area contributed by atoms with E-state index in [9.17, 15) is 4.79 Å². The van der Waals surface area contributed by atoms with Crippen LogP contribution in [0.2, 0.25) is 0 Å². The maximum atomic E-state index is 11.6. The maximum Gasteiger partial charge on any atom is 0.333 e. The molecule has 0 heterocycles.